The van der Waals surface area contributed by atoms with E-state index < -0.39 is 9.84 Å². The molecule has 136 valence electrons. The van der Waals surface area contributed by atoms with Crippen LogP contribution in [0.2, 0.25) is 0 Å². The maximum Gasteiger partial charge on any atom is 0.274 e. The van der Waals surface area contributed by atoms with Crippen molar-refractivity contribution in [1.82, 2.24) is 4.98 Å². The highest BCUT2D eigenvalue weighted by Gasteiger charge is 2.27. The molecule has 1 fully saturated rings. The number of rotatable bonds is 5. The van der Waals surface area contributed by atoms with Crippen molar-refractivity contribution in [3.05, 3.63) is 53.9 Å². The fourth-order valence-electron chi connectivity index (χ4n) is 2.74. The zero-order valence-electron chi connectivity index (χ0n) is 14.2. The molecule has 26 heavy (non-hydrogen) atoms. The summed E-state index contributed by atoms with van der Waals surface area (Å²) in [4.78, 5) is 27.6. The zero-order chi connectivity index (χ0) is 18.7. The molecule has 1 unspecified atom stereocenters. The number of anilines is 2. The van der Waals surface area contributed by atoms with E-state index in [9.17, 15) is 18.0 Å². The van der Waals surface area contributed by atoms with Crippen molar-refractivity contribution in [3.8, 4) is 0 Å². The molecule has 0 saturated carbocycles. The number of sulfone groups is 1. The van der Waals surface area contributed by atoms with E-state index in [0.29, 0.717) is 23.4 Å². The molecule has 0 radical (unpaired) electrons. The Hall–Kier alpha value is -2.74. The average molecular weight is 373 g/mol. The molecule has 0 bridgehead atoms. The molecule has 1 saturated heterocycles. The molecule has 1 aliphatic rings. The van der Waals surface area contributed by atoms with Crippen molar-refractivity contribution >= 4 is 32.9 Å². The maximum atomic E-state index is 12.2. The van der Waals surface area contributed by atoms with Crippen molar-refractivity contribution < 1.29 is 18.0 Å². The van der Waals surface area contributed by atoms with Crippen LogP contribution in [0.1, 0.15) is 34.2 Å². The van der Waals surface area contributed by atoms with Gasteiger partial charge >= 0.3 is 0 Å². The molecule has 1 aromatic carbocycles. The molecule has 1 amide bonds. The summed E-state index contributed by atoms with van der Waals surface area (Å²) in [6.45, 7) is 1.48. The minimum Gasteiger partial charge on any atom is -0.380 e. The lowest BCUT2D eigenvalue weighted by atomic mass is 10.1. The highest BCUT2D eigenvalue weighted by atomic mass is 32.2. The number of hydrogen-bond acceptors (Lipinski definition) is 6. The summed E-state index contributed by atoms with van der Waals surface area (Å²) in [5.74, 6) is -0.0924. The predicted octanol–water partition coefficient (Wildman–Crippen LogP) is 2.14. The minimum atomic E-state index is -2.95. The highest BCUT2D eigenvalue weighted by molar-refractivity contribution is 7.91. The Morgan fingerprint density at radius 3 is 2.31 bits per heavy atom. The standard InChI is InChI=1S/C18H19N3O4S/c1-12(22)13-2-4-14(5-3-13)21-18(23)17-7-6-15(10-19-17)20-16-8-9-26(24,25)11-16/h2-7,10,16,20H,8-9,11H2,1H3,(H,21,23). The van der Waals surface area contributed by atoms with Crippen LogP contribution in [0.25, 0.3) is 0 Å². The number of ketones is 1. The molecule has 2 heterocycles. The number of pyridine rings is 1. The van der Waals surface area contributed by atoms with Crippen LogP contribution in [0.4, 0.5) is 11.4 Å². The third kappa shape index (κ3) is 4.45. The Morgan fingerprint density at radius 1 is 1.08 bits per heavy atom. The van der Waals surface area contributed by atoms with E-state index in [1.807, 2.05) is 0 Å². The van der Waals surface area contributed by atoms with Gasteiger partial charge in [-0.3, -0.25) is 9.59 Å². The van der Waals surface area contributed by atoms with E-state index in [-0.39, 0.29) is 34.9 Å². The summed E-state index contributed by atoms with van der Waals surface area (Å²) in [6.07, 6.45) is 2.08. The first-order valence-electron chi connectivity index (χ1n) is 8.18. The van der Waals surface area contributed by atoms with Crippen LogP contribution >= 0.6 is 0 Å². The van der Waals surface area contributed by atoms with Crippen LogP contribution in [-0.2, 0) is 9.84 Å². The highest BCUT2D eigenvalue weighted by Crippen LogP contribution is 2.17. The molecule has 0 aliphatic carbocycles. The Bertz CT molecular complexity index is 922. The van der Waals surface area contributed by atoms with E-state index in [1.165, 1.54) is 13.1 Å². The van der Waals surface area contributed by atoms with E-state index in [1.54, 1.807) is 36.4 Å². The van der Waals surface area contributed by atoms with Gasteiger partial charge in [-0.05, 0) is 49.7 Å². The molecule has 1 atom stereocenters. The number of carbonyl (C=O) groups is 2. The Balaban J connectivity index is 1.61. The second kappa shape index (κ2) is 7.25. The second-order valence-electron chi connectivity index (χ2n) is 6.26. The number of Topliss-reactive ketones (excluding diaryl/α,β-unsaturated/α-hetero) is 1. The molecular formula is C18H19N3O4S. The van der Waals surface area contributed by atoms with Gasteiger partial charge in [0.15, 0.2) is 15.6 Å². The van der Waals surface area contributed by atoms with Gasteiger partial charge < -0.3 is 10.6 Å². The maximum absolute atomic E-state index is 12.2. The first-order valence-corrected chi connectivity index (χ1v) is 10.00. The first-order chi connectivity index (χ1) is 12.3. The lowest BCUT2D eigenvalue weighted by Gasteiger charge is -2.12. The molecule has 7 nitrogen and oxygen atoms in total. The van der Waals surface area contributed by atoms with Crippen LogP contribution in [-0.4, -0.2) is 42.6 Å². The molecule has 0 spiro atoms. The van der Waals surface area contributed by atoms with Gasteiger partial charge in [-0.15, -0.1) is 0 Å². The van der Waals surface area contributed by atoms with E-state index in [2.05, 4.69) is 15.6 Å². The number of amides is 1. The number of hydrogen-bond donors (Lipinski definition) is 2. The third-order valence-electron chi connectivity index (χ3n) is 4.15. The van der Waals surface area contributed by atoms with Crippen LogP contribution in [0, 0.1) is 0 Å². The van der Waals surface area contributed by atoms with E-state index in [0.717, 1.165) is 0 Å². The van der Waals surface area contributed by atoms with Gasteiger partial charge in [-0.2, -0.15) is 0 Å². The zero-order valence-corrected chi connectivity index (χ0v) is 15.0. The number of aromatic nitrogens is 1. The Labute approximate surface area is 151 Å². The van der Waals surface area contributed by atoms with Crippen LogP contribution < -0.4 is 10.6 Å². The summed E-state index contributed by atoms with van der Waals surface area (Å²) in [6, 6.07) is 9.76. The Morgan fingerprint density at radius 2 is 1.77 bits per heavy atom. The monoisotopic (exact) mass is 373 g/mol. The van der Waals surface area contributed by atoms with Crippen LogP contribution in [0.3, 0.4) is 0 Å². The normalized spacial score (nSPS) is 18.3. The summed E-state index contributed by atoms with van der Waals surface area (Å²) < 4.78 is 23.0. The average Bonchev–Trinajstić information content (AvgIpc) is 2.94. The quantitative estimate of drug-likeness (QED) is 0.778. The van der Waals surface area contributed by atoms with Crippen molar-refractivity contribution in [2.24, 2.45) is 0 Å². The predicted molar refractivity (Wildman–Crippen MR) is 99.3 cm³/mol. The minimum absolute atomic E-state index is 0.0392. The summed E-state index contributed by atoms with van der Waals surface area (Å²) in [5, 5.41) is 5.84. The fourth-order valence-corrected chi connectivity index (χ4v) is 4.41. The summed E-state index contributed by atoms with van der Waals surface area (Å²) in [5.41, 5.74) is 2.06. The van der Waals surface area contributed by atoms with Crippen LogP contribution in [0.5, 0.6) is 0 Å². The van der Waals surface area contributed by atoms with Crippen molar-refractivity contribution in [2.75, 3.05) is 22.1 Å². The van der Waals surface area contributed by atoms with Gasteiger partial charge in [0, 0.05) is 17.3 Å². The van der Waals surface area contributed by atoms with Crippen LogP contribution in [0.15, 0.2) is 42.6 Å². The van der Waals surface area contributed by atoms with Crippen molar-refractivity contribution in [2.45, 2.75) is 19.4 Å². The summed E-state index contributed by atoms with van der Waals surface area (Å²) >= 11 is 0. The molecule has 2 N–H and O–H groups in total. The van der Waals surface area contributed by atoms with Crippen molar-refractivity contribution in [3.63, 3.8) is 0 Å². The molecule has 1 aliphatic heterocycles. The second-order valence-corrected chi connectivity index (χ2v) is 8.49. The van der Waals surface area contributed by atoms with E-state index >= 15 is 0 Å². The molecule has 8 heteroatoms. The fraction of sp³-hybridized carbons (Fsp3) is 0.278. The lowest BCUT2D eigenvalue weighted by molar-refractivity contribution is 0.101. The van der Waals surface area contributed by atoms with Gasteiger partial charge in [0.1, 0.15) is 5.69 Å². The number of carbonyl (C=O) groups excluding carboxylic acids is 2. The third-order valence-corrected chi connectivity index (χ3v) is 5.92. The topological polar surface area (TPSA) is 105 Å². The van der Waals surface area contributed by atoms with Gasteiger partial charge in [0.05, 0.1) is 23.4 Å². The first kappa shape index (κ1) is 18.1. The molecule has 3 rings (SSSR count). The largest absolute Gasteiger partial charge is 0.380 e. The van der Waals surface area contributed by atoms with Gasteiger partial charge in [-0.1, -0.05) is 0 Å². The van der Waals surface area contributed by atoms with E-state index in [4.69, 9.17) is 0 Å². The summed E-state index contributed by atoms with van der Waals surface area (Å²) in [7, 11) is -2.95. The smallest absolute Gasteiger partial charge is 0.274 e. The van der Waals surface area contributed by atoms with Gasteiger partial charge in [-0.25, -0.2) is 13.4 Å². The molecule has 2 aromatic rings. The SMILES string of the molecule is CC(=O)c1ccc(NC(=O)c2ccc(NC3CCS(=O)(=O)C3)cn2)cc1. The van der Waals surface area contributed by atoms with Crippen molar-refractivity contribution in [1.29, 1.82) is 0 Å². The van der Waals surface area contributed by atoms with Gasteiger partial charge in [0.25, 0.3) is 5.91 Å². The van der Waals surface area contributed by atoms with Gasteiger partial charge in [0.2, 0.25) is 0 Å². The number of benzene rings is 1. The molecular weight excluding hydrogens is 354 g/mol. The Kier molecular flexibility index (Phi) is 5.03. The molecule has 1 aromatic heterocycles. The number of nitrogens with zero attached hydrogens (tertiary/aromatic N) is 1. The number of nitrogens with one attached hydrogen (secondary N) is 2. The lowest BCUT2D eigenvalue weighted by Crippen LogP contribution is -2.21.